The van der Waals surface area contributed by atoms with Crippen LogP contribution >= 0.6 is 23.2 Å². The highest BCUT2D eigenvalue weighted by molar-refractivity contribution is 6.53. The van der Waals surface area contributed by atoms with Gasteiger partial charge in [-0.05, 0) is 61.2 Å². The summed E-state index contributed by atoms with van der Waals surface area (Å²) in [6, 6.07) is 11.9. The third-order valence-corrected chi connectivity index (χ3v) is 11.5. The number of morpholine rings is 1. The molecule has 0 aromatic heterocycles. The van der Waals surface area contributed by atoms with Gasteiger partial charge < -0.3 is 19.5 Å². The number of rotatable bonds is 4. The number of phenolic OH excluding ortho intramolecular Hbond substituents is 1. The van der Waals surface area contributed by atoms with E-state index in [0.29, 0.717) is 30.2 Å². The van der Waals surface area contributed by atoms with Gasteiger partial charge in [0.2, 0.25) is 11.8 Å². The molecule has 0 unspecified atom stereocenters. The van der Waals surface area contributed by atoms with Gasteiger partial charge in [0.05, 0.1) is 37.8 Å². The van der Waals surface area contributed by atoms with Crippen molar-refractivity contribution in [1.82, 2.24) is 4.90 Å². The number of hydrogen-bond acceptors (Lipinski definition) is 8. The number of imide groups is 2. The summed E-state index contributed by atoms with van der Waals surface area (Å²) in [5.41, 5.74) is 2.29. The van der Waals surface area contributed by atoms with E-state index >= 15 is 0 Å². The molecule has 1 saturated carbocycles. The molecule has 3 heterocycles. The monoisotopic (exact) mass is 639 g/mol. The number of phenols is 1. The van der Waals surface area contributed by atoms with Crippen molar-refractivity contribution in [2.45, 2.75) is 28.5 Å². The molecular formula is C32H31Cl2N3O7. The fourth-order valence-corrected chi connectivity index (χ4v) is 8.88. The standard InChI is InChI=1S/C32H31Cl2N3O7/c1-35-29(41)31(33)16-23-20(26(32(31,34)30(35)42)22-15-19(43-2)7-10-24(22)38)8-9-21-25(23)28(40)37(27(21)39)18-5-3-17(4-6-18)36-11-13-44-14-12-36/h3-8,10,15,21,23,25-26,38H,9,11-14,16H2,1-2H3/t21-,23+,25-,26+,31+,32-/m0/s1. The van der Waals surface area contributed by atoms with Gasteiger partial charge in [0.1, 0.15) is 11.5 Å². The summed E-state index contributed by atoms with van der Waals surface area (Å²) < 4.78 is 10.8. The van der Waals surface area contributed by atoms with E-state index < -0.39 is 51.1 Å². The van der Waals surface area contributed by atoms with Crippen molar-refractivity contribution in [3.8, 4) is 11.5 Å². The number of nitrogens with zero attached hydrogens (tertiary/aromatic N) is 3. The van der Waals surface area contributed by atoms with E-state index in [4.69, 9.17) is 32.7 Å². The fraction of sp³-hybridized carbons (Fsp3) is 0.438. The molecule has 7 rings (SSSR count). The topological polar surface area (TPSA) is 117 Å². The van der Waals surface area contributed by atoms with E-state index in [-0.39, 0.29) is 30.1 Å². The first-order valence-corrected chi connectivity index (χ1v) is 15.4. The van der Waals surface area contributed by atoms with Gasteiger partial charge in [0.15, 0.2) is 9.75 Å². The largest absolute Gasteiger partial charge is 0.508 e. The van der Waals surface area contributed by atoms with Crippen LogP contribution in [0, 0.1) is 17.8 Å². The number of hydrogen-bond donors (Lipinski definition) is 1. The number of alkyl halides is 2. The zero-order valence-corrected chi connectivity index (χ0v) is 25.7. The average Bonchev–Trinajstić information content (AvgIpc) is 3.37. The minimum absolute atomic E-state index is 0.121. The predicted octanol–water partition coefficient (Wildman–Crippen LogP) is 3.43. The summed E-state index contributed by atoms with van der Waals surface area (Å²) in [4.78, 5) is 55.9. The zero-order chi connectivity index (χ0) is 31.1. The predicted molar refractivity (Wildman–Crippen MR) is 162 cm³/mol. The van der Waals surface area contributed by atoms with Gasteiger partial charge in [-0.3, -0.25) is 29.0 Å². The second-order valence-corrected chi connectivity index (χ2v) is 13.3. The minimum Gasteiger partial charge on any atom is -0.508 e. The molecule has 2 aliphatic carbocycles. The van der Waals surface area contributed by atoms with Crippen LogP contribution in [0.25, 0.3) is 0 Å². The second kappa shape index (κ2) is 10.2. The summed E-state index contributed by atoms with van der Waals surface area (Å²) in [6.07, 6.45) is 1.94. The van der Waals surface area contributed by atoms with Crippen LogP contribution < -0.4 is 14.5 Å². The van der Waals surface area contributed by atoms with Crippen molar-refractivity contribution in [3.63, 3.8) is 0 Å². The number of anilines is 2. The van der Waals surface area contributed by atoms with Gasteiger partial charge in [-0.15, -0.1) is 23.2 Å². The van der Waals surface area contributed by atoms with E-state index in [1.54, 1.807) is 24.3 Å². The van der Waals surface area contributed by atoms with Gasteiger partial charge in [-0.2, -0.15) is 0 Å². The number of halogens is 2. The van der Waals surface area contributed by atoms with Crippen molar-refractivity contribution in [3.05, 3.63) is 59.7 Å². The molecule has 2 aromatic rings. The molecular weight excluding hydrogens is 609 g/mol. The first-order valence-electron chi connectivity index (χ1n) is 14.6. The molecule has 12 heteroatoms. The summed E-state index contributed by atoms with van der Waals surface area (Å²) >= 11 is 14.4. The van der Waals surface area contributed by atoms with Gasteiger partial charge in [0, 0.05) is 37.3 Å². The Bertz CT molecular complexity index is 1620. The van der Waals surface area contributed by atoms with Crippen LogP contribution in [-0.2, 0) is 23.9 Å². The van der Waals surface area contributed by atoms with Gasteiger partial charge in [-0.1, -0.05) is 11.6 Å². The maximum atomic E-state index is 14.2. The Labute approximate surface area is 264 Å². The van der Waals surface area contributed by atoms with Gasteiger partial charge in [-0.25, -0.2) is 0 Å². The quantitative estimate of drug-likeness (QED) is 0.307. The van der Waals surface area contributed by atoms with Crippen LogP contribution in [0.3, 0.4) is 0 Å². The van der Waals surface area contributed by atoms with Crippen LogP contribution in [0.5, 0.6) is 11.5 Å². The van der Waals surface area contributed by atoms with Crippen molar-refractivity contribution < 1.29 is 33.8 Å². The summed E-state index contributed by atoms with van der Waals surface area (Å²) in [7, 11) is 2.79. The van der Waals surface area contributed by atoms with Gasteiger partial charge in [0.25, 0.3) is 11.8 Å². The molecule has 230 valence electrons. The summed E-state index contributed by atoms with van der Waals surface area (Å²) in [5, 5.41) is 11.1. The fourth-order valence-electron chi connectivity index (χ4n) is 7.87. The number of likely N-dealkylation sites (tertiary alicyclic amines) is 1. The van der Waals surface area contributed by atoms with E-state index in [0.717, 1.165) is 23.7 Å². The molecule has 0 radical (unpaired) electrons. The van der Waals surface area contributed by atoms with Crippen molar-refractivity contribution >= 4 is 58.2 Å². The van der Waals surface area contributed by atoms with Crippen molar-refractivity contribution in [2.75, 3.05) is 50.3 Å². The normalized spacial score (nSPS) is 33.3. The number of benzene rings is 2. The third kappa shape index (κ3) is 3.83. The molecule has 0 spiro atoms. The number of allylic oxidation sites excluding steroid dienone is 2. The second-order valence-electron chi connectivity index (χ2n) is 12.1. The number of methoxy groups -OCH3 is 1. The zero-order valence-electron chi connectivity index (χ0n) is 24.2. The van der Waals surface area contributed by atoms with Crippen LogP contribution in [0.1, 0.15) is 24.3 Å². The summed E-state index contributed by atoms with van der Waals surface area (Å²) in [6.45, 7) is 2.78. The van der Waals surface area contributed by atoms with Crippen LogP contribution in [0.4, 0.5) is 11.4 Å². The molecule has 4 amide bonds. The Balaban J connectivity index is 1.30. The average molecular weight is 641 g/mol. The highest BCUT2D eigenvalue weighted by atomic mass is 35.5. The van der Waals surface area contributed by atoms with Crippen LogP contribution in [0.2, 0.25) is 0 Å². The molecule has 0 bridgehead atoms. The molecule has 4 fully saturated rings. The number of ether oxygens (including phenoxy) is 2. The van der Waals surface area contributed by atoms with Crippen molar-refractivity contribution in [1.29, 1.82) is 0 Å². The Morgan fingerprint density at radius 2 is 1.61 bits per heavy atom. The van der Waals surface area contributed by atoms with Crippen molar-refractivity contribution in [2.24, 2.45) is 17.8 Å². The van der Waals surface area contributed by atoms with E-state index in [2.05, 4.69) is 4.90 Å². The lowest BCUT2D eigenvalue weighted by Gasteiger charge is -2.50. The van der Waals surface area contributed by atoms with Gasteiger partial charge >= 0.3 is 0 Å². The first-order chi connectivity index (χ1) is 21.0. The maximum absolute atomic E-state index is 14.2. The number of carbonyl (C=O) groups is 4. The maximum Gasteiger partial charge on any atom is 0.253 e. The Morgan fingerprint density at radius 1 is 0.932 bits per heavy atom. The molecule has 44 heavy (non-hydrogen) atoms. The Hall–Kier alpha value is -3.60. The number of fused-ring (bicyclic) bond motifs is 4. The smallest absolute Gasteiger partial charge is 0.253 e. The number of amides is 4. The Morgan fingerprint density at radius 3 is 2.30 bits per heavy atom. The molecule has 5 aliphatic rings. The van der Waals surface area contributed by atoms with E-state index in [1.165, 1.54) is 25.1 Å². The molecule has 3 saturated heterocycles. The molecule has 10 nitrogen and oxygen atoms in total. The molecule has 2 aromatic carbocycles. The lowest BCUT2D eigenvalue weighted by molar-refractivity contribution is -0.138. The molecule has 6 atom stereocenters. The lowest BCUT2D eigenvalue weighted by atomic mass is 9.56. The molecule has 1 N–H and O–H groups in total. The van der Waals surface area contributed by atoms with Crippen LogP contribution in [0.15, 0.2) is 54.1 Å². The highest BCUT2D eigenvalue weighted by Crippen LogP contribution is 2.66. The van der Waals surface area contributed by atoms with E-state index in [1.807, 2.05) is 18.2 Å². The highest BCUT2D eigenvalue weighted by Gasteiger charge is 2.76. The number of aromatic hydroxyl groups is 1. The number of carbonyl (C=O) groups excluding carboxylic acids is 4. The van der Waals surface area contributed by atoms with Crippen LogP contribution in [-0.4, -0.2) is 83.8 Å². The minimum atomic E-state index is -1.99. The first kappa shape index (κ1) is 29.1. The van der Waals surface area contributed by atoms with E-state index in [9.17, 15) is 24.3 Å². The third-order valence-electron chi connectivity index (χ3n) is 10.0. The summed E-state index contributed by atoms with van der Waals surface area (Å²) in [5.74, 6) is -5.12. The SMILES string of the molecule is COc1ccc(O)c([C@H]2C3=CC[C@@H]4C(=O)N(c5ccc(N6CCOCC6)cc5)C(=O)[C@@H]4[C@@H]3C[C@@]3(Cl)C(=O)N(C)C(=O)[C@@]23Cl)c1. The Kier molecular flexibility index (Phi) is 6.77. The molecule has 3 aliphatic heterocycles. The lowest BCUT2D eigenvalue weighted by Crippen LogP contribution is -2.60.